The summed E-state index contributed by atoms with van der Waals surface area (Å²) in [6, 6.07) is 6.52. The van der Waals surface area contributed by atoms with Gasteiger partial charge in [0.05, 0.1) is 44.9 Å². The molecule has 0 radical (unpaired) electrons. The van der Waals surface area contributed by atoms with Gasteiger partial charge < -0.3 is 129 Å². The van der Waals surface area contributed by atoms with Crippen LogP contribution in [0.5, 0.6) is 5.75 Å². The van der Waals surface area contributed by atoms with Crippen LogP contribution in [0.2, 0.25) is 0 Å². The van der Waals surface area contributed by atoms with Crippen LogP contribution in [0.1, 0.15) is 114 Å². The average Bonchev–Trinajstić information content (AvgIpc) is 1.60. The molecule has 676 valence electrons. The average molecular weight is 1740 g/mol. The number of aromatic nitrogens is 1. The van der Waals surface area contributed by atoms with Crippen molar-refractivity contribution in [2.24, 2.45) is 51.2 Å². The van der Waals surface area contributed by atoms with Crippen molar-refractivity contribution < 1.29 is 107 Å². The topological polar surface area (TPSA) is 720 Å². The molecule has 5 aromatic rings. The lowest BCUT2D eigenvalue weighted by Crippen LogP contribution is -2.62. The van der Waals surface area contributed by atoms with E-state index in [1.807, 2.05) is 0 Å². The molecule has 1 fully saturated rings. The molecule has 125 heavy (non-hydrogen) atoms. The summed E-state index contributed by atoms with van der Waals surface area (Å²) in [4.78, 5) is 256. The zero-order chi connectivity index (χ0) is 92.3. The standard InChI is InChI=1S/C82H111N21O22/c1-42(2)29-53(72(115)93-52(21-13-27-89-82(87)88)71(114)101-61(81(124)125)33-45-17-9-6-10-18-45)92-67(109)40-91-70(113)54(31-44-15-7-5-8-16-44)94-78(121)62(41-104)102-77(120)58(37-65(85)107)98-74(117)56(34-47-39-90-51-20-12-11-19-49(47)51)96-75(118)57(36-64(84)106)97-73(116)55(32-46-23-25-48(105)26-24-46)95-76(119)59(38-66(86)108)99-79(122)63-22-14-28-103(63)80(123)60(30-43(3)4)100-69(112)50(83)35-68(110)111/h5-12,15-20,23-26,39,42-43,50,52-63,90,104-105H,13-14,21-22,27-38,40-41,83H2,1-4H3,(H2,84,106)(H2,85,107)(H2,86,108)(H,91,113)(H,92,109)(H,93,115)(H,94,121)(H,95,119)(H,96,118)(H,97,116)(H,98,117)(H,99,122)(H,100,112)(H,101,114)(H,102,120)(H,110,111)(H,124,125)(H4,87,88,89). The number of nitrogens with zero attached hydrogens (tertiary/aromatic N) is 2. The summed E-state index contributed by atoms with van der Waals surface area (Å²) in [7, 11) is 0. The van der Waals surface area contributed by atoms with Crippen LogP contribution < -0.4 is 98.2 Å². The fourth-order valence-electron chi connectivity index (χ4n) is 13.6. The van der Waals surface area contributed by atoms with E-state index in [2.05, 4.69) is 73.8 Å². The number of guanidine groups is 1. The van der Waals surface area contributed by atoms with E-state index < -0.39 is 237 Å². The summed E-state index contributed by atoms with van der Waals surface area (Å²) in [5.41, 5.74) is 35.8. The number of carboxylic acid groups (broad SMARTS) is 2. The van der Waals surface area contributed by atoms with Crippen LogP contribution in [-0.2, 0) is 112 Å². The van der Waals surface area contributed by atoms with E-state index in [0.29, 0.717) is 27.6 Å². The molecule has 2 heterocycles. The Kier molecular flexibility index (Phi) is 39.2. The van der Waals surface area contributed by atoms with E-state index in [0.717, 1.165) is 4.90 Å². The van der Waals surface area contributed by atoms with E-state index in [1.165, 1.54) is 30.5 Å². The Morgan fingerprint density at radius 3 is 1.40 bits per heavy atom. The van der Waals surface area contributed by atoms with Crippen molar-refractivity contribution in [3.63, 3.8) is 0 Å². The molecular formula is C82H111N21O22. The molecule has 1 aliphatic heterocycles. The van der Waals surface area contributed by atoms with Gasteiger partial charge in [-0.1, -0.05) is 119 Å². The highest BCUT2D eigenvalue weighted by Gasteiger charge is 2.42. The molecule has 1 saturated heterocycles. The Bertz CT molecular complexity index is 4680. The number of hydrogen-bond acceptors (Lipinski definition) is 22. The lowest BCUT2D eigenvalue weighted by molar-refractivity contribution is -0.143. The maximum Gasteiger partial charge on any atom is 0.326 e. The molecule has 29 N–H and O–H groups in total. The van der Waals surface area contributed by atoms with Crippen molar-refractivity contribution in [1.82, 2.24) is 73.7 Å². The number of carbonyl (C=O) groups excluding carboxylic acids is 16. The highest BCUT2D eigenvalue weighted by atomic mass is 16.4. The van der Waals surface area contributed by atoms with Crippen molar-refractivity contribution >= 4 is 123 Å². The number of phenolic OH excluding ortho intramolecular Hbond substituents is 1. The number of phenols is 1. The normalized spacial score (nSPS) is 15.2. The summed E-state index contributed by atoms with van der Waals surface area (Å²) in [6.45, 7) is 4.85. The second-order valence-corrected chi connectivity index (χ2v) is 30.9. The van der Waals surface area contributed by atoms with Crippen molar-refractivity contribution in [1.29, 1.82) is 0 Å². The Morgan fingerprint density at radius 1 is 0.464 bits per heavy atom. The highest BCUT2D eigenvalue weighted by Crippen LogP contribution is 2.24. The smallest absolute Gasteiger partial charge is 0.326 e. The number of likely N-dealkylation sites (tertiary alicyclic amines) is 1. The zero-order valence-corrected chi connectivity index (χ0v) is 69.4. The molecule has 43 heteroatoms. The number of hydrogen-bond donors (Lipinski definition) is 23. The molecule has 0 bridgehead atoms. The van der Waals surface area contributed by atoms with Gasteiger partial charge in [-0.2, -0.15) is 0 Å². The summed E-state index contributed by atoms with van der Waals surface area (Å²) in [5, 5.41) is 69.8. The first-order valence-electron chi connectivity index (χ1n) is 40.2. The number of aliphatic imine (C=N–C) groups is 1. The lowest BCUT2D eigenvalue weighted by Gasteiger charge is -2.31. The minimum atomic E-state index is -2.06. The maximum absolute atomic E-state index is 14.9. The van der Waals surface area contributed by atoms with Crippen LogP contribution in [-0.4, -0.2) is 248 Å². The molecule has 13 unspecified atom stereocenters. The highest BCUT2D eigenvalue weighted by molar-refractivity contribution is 6.02. The number of fused-ring (bicyclic) bond motifs is 1. The van der Waals surface area contributed by atoms with Gasteiger partial charge in [0, 0.05) is 55.9 Å². The van der Waals surface area contributed by atoms with E-state index in [-0.39, 0.29) is 93.6 Å². The quantitative estimate of drug-likeness (QED) is 0.00980. The number of amides is 16. The second kappa shape index (κ2) is 49.1. The summed E-state index contributed by atoms with van der Waals surface area (Å²) in [6.07, 6.45) is -3.41. The van der Waals surface area contributed by atoms with Crippen LogP contribution in [0.4, 0.5) is 0 Å². The van der Waals surface area contributed by atoms with Crippen LogP contribution >= 0.6 is 0 Å². The number of aromatic hydroxyl groups is 1. The predicted molar refractivity (Wildman–Crippen MR) is 448 cm³/mol. The van der Waals surface area contributed by atoms with Gasteiger partial charge in [-0.3, -0.25) is 86.5 Å². The number of rotatable bonds is 51. The number of para-hydroxylation sites is 1. The molecule has 6 rings (SSSR count). The van der Waals surface area contributed by atoms with Gasteiger partial charge in [0.1, 0.15) is 78.3 Å². The van der Waals surface area contributed by atoms with E-state index in [1.54, 1.807) is 113 Å². The summed E-state index contributed by atoms with van der Waals surface area (Å²) >= 11 is 0. The van der Waals surface area contributed by atoms with Gasteiger partial charge in [-0.05, 0) is 90.8 Å². The van der Waals surface area contributed by atoms with Crippen molar-refractivity contribution in [2.75, 3.05) is 26.2 Å². The number of aromatic amines is 1. The molecule has 0 saturated carbocycles. The van der Waals surface area contributed by atoms with Crippen LogP contribution in [0.15, 0.2) is 120 Å². The molecule has 0 aliphatic carbocycles. The van der Waals surface area contributed by atoms with Crippen LogP contribution in [0, 0.1) is 11.8 Å². The summed E-state index contributed by atoms with van der Waals surface area (Å²) in [5.74, 6) is -21.5. The first-order valence-corrected chi connectivity index (χ1v) is 40.2. The largest absolute Gasteiger partial charge is 0.508 e. The second-order valence-electron chi connectivity index (χ2n) is 30.9. The first-order chi connectivity index (χ1) is 59.2. The predicted octanol–water partition coefficient (Wildman–Crippen LogP) is -5.76. The number of aliphatic hydroxyl groups is 1. The van der Waals surface area contributed by atoms with E-state index in [4.69, 9.17) is 34.4 Å². The number of primary amides is 3. The third-order valence-electron chi connectivity index (χ3n) is 19.7. The third-order valence-corrected chi connectivity index (χ3v) is 19.7. The maximum atomic E-state index is 14.9. The number of nitrogens with two attached hydrogens (primary N) is 6. The number of carbonyl (C=O) groups is 18. The minimum Gasteiger partial charge on any atom is -0.508 e. The van der Waals surface area contributed by atoms with Crippen molar-refractivity contribution in [3.8, 4) is 5.75 Å². The number of carboxylic acids is 2. The molecule has 1 aromatic heterocycles. The number of benzene rings is 4. The SMILES string of the molecule is CC(C)CC(NC(=O)CNC(=O)C(Cc1ccccc1)NC(=O)C(CO)NC(=O)C(CC(N)=O)NC(=O)C(Cc1c[nH]c2ccccc12)NC(=O)C(CC(N)=O)NC(=O)C(Cc1ccc(O)cc1)NC(=O)C(CC(N)=O)NC(=O)C1CCCN1C(=O)C(CC(C)C)NC(=O)C(N)CC(=O)O)C(=O)NC(CCCN=C(N)N)C(=O)NC(Cc1ccccc1)C(=O)O. The van der Waals surface area contributed by atoms with Crippen molar-refractivity contribution in [2.45, 2.75) is 196 Å². The van der Waals surface area contributed by atoms with Crippen molar-refractivity contribution in [3.05, 3.63) is 138 Å². The van der Waals surface area contributed by atoms with Gasteiger partial charge in [0.15, 0.2) is 5.96 Å². The van der Waals surface area contributed by atoms with Gasteiger partial charge in [-0.15, -0.1) is 0 Å². The first kappa shape index (κ1) is 99.7. The number of H-pyrrole nitrogens is 1. The molecule has 4 aromatic carbocycles. The van der Waals surface area contributed by atoms with Gasteiger partial charge in [-0.25, -0.2) is 4.79 Å². The van der Waals surface area contributed by atoms with Gasteiger partial charge >= 0.3 is 11.9 Å². The molecule has 16 amide bonds. The minimum absolute atomic E-state index is 0.00321. The van der Waals surface area contributed by atoms with Gasteiger partial charge in [0.2, 0.25) is 94.5 Å². The number of aliphatic carboxylic acids is 2. The molecule has 13 atom stereocenters. The van der Waals surface area contributed by atoms with Crippen LogP contribution in [0.3, 0.4) is 0 Å². The lowest BCUT2D eigenvalue weighted by atomic mass is 10.0. The van der Waals surface area contributed by atoms with E-state index >= 15 is 0 Å². The molecule has 1 aliphatic rings. The molecular weight excluding hydrogens is 1630 g/mol. The monoisotopic (exact) mass is 1740 g/mol. The fraction of sp³-hybridized carbons (Fsp3) is 0.451. The van der Waals surface area contributed by atoms with E-state index in [9.17, 15) is 107 Å². The van der Waals surface area contributed by atoms with Gasteiger partial charge in [0.25, 0.3) is 0 Å². The fourth-order valence-corrected chi connectivity index (χ4v) is 13.6. The Balaban J connectivity index is 1.21. The Hall–Kier alpha value is -14.1. The zero-order valence-electron chi connectivity index (χ0n) is 69.4. The molecule has 0 spiro atoms. The Morgan fingerprint density at radius 2 is 0.888 bits per heavy atom. The summed E-state index contributed by atoms with van der Waals surface area (Å²) < 4.78 is 0. The number of nitrogens with one attached hydrogen (secondary N) is 13. The van der Waals surface area contributed by atoms with Crippen LogP contribution in [0.25, 0.3) is 10.9 Å². The number of aliphatic hydroxyl groups excluding tert-OH is 1. The molecule has 43 nitrogen and oxygen atoms in total. The Labute approximate surface area is 717 Å². The third kappa shape index (κ3) is 33.3.